The van der Waals surface area contributed by atoms with E-state index in [-0.39, 0.29) is 5.92 Å². The van der Waals surface area contributed by atoms with Crippen LogP contribution in [0.3, 0.4) is 0 Å². The number of likely N-dealkylation sites (tertiary alicyclic amines) is 1. The van der Waals surface area contributed by atoms with E-state index < -0.39 is 5.97 Å². The van der Waals surface area contributed by atoms with E-state index in [2.05, 4.69) is 67.3 Å². The Bertz CT molecular complexity index is 725. The minimum Gasteiger partial charge on any atom is -0.481 e. The van der Waals surface area contributed by atoms with Crippen LogP contribution in [-0.4, -0.2) is 28.6 Å². The molecule has 1 aliphatic rings. The molecule has 1 heterocycles. The number of nitrogens with zero attached hydrogens (tertiary/aromatic N) is 1. The summed E-state index contributed by atoms with van der Waals surface area (Å²) in [5.41, 5.74) is 5.00. The van der Waals surface area contributed by atoms with Crippen molar-refractivity contribution in [3.8, 4) is 11.1 Å². The van der Waals surface area contributed by atoms with Crippen molar-refractivity contribution >= 4 is 5.97 Å². The van der Waals surface area contributed by atoms with Crippen molar-refractivity contribution in [3.63, 3.8) is 0 Å². The lowest BCUT2D eigenvalue weighted by Crippen LogP contribution is -2.43. The molecule has 0 amide bonds. The van der Waals surface area contributed by atoms with Crippen LogP contribution in [0.15, 0.2) is 48.5 Å². The van der Waals surface area contributed by atoms with Gasteiger partial charge >= 0.3 is 5.97 Å². The van der Waals surface area contributed by atoms with E-state index in [1.807, 2.05) is 0 Å². The number of piperidine rings is 1. The van der Waals surface area contributed by atoms with E-state index in [1.165, 1.54) is 22.3 Å². The van der Waals surface area contributed by atoms with E-state index in [9.17, 15) is 9.90 Å². The Morgan fingerprint density at radius 2 is 1.96 bits per heavy atom. The Morgan fingerprint density at radius 1 is 1.17 bits per heavy atom. The highest BCUT2D eigenvalue weighted by Gasteiger charge is 2.29. The van der Waals surface area contributed by atoms with Gasteiger partial charge in [0.25, 0.3) is 0 Å². The number of aliphatic carboxylic acids is 1. The molecule has 2 aromatic carbocycles. The molecule has 3 rings (SSSR count). The van der Waals surface area contributed by atoms with Crippen LogP contribution < -0.4 is 0 Å². The molecular weight excluding hydrogens is 298 g/mol. The smallest absolute Gasteiger partial charge is 0.307 e. The van der Waals surface area contributed by atoms with Gasteiger partial charge in [0.1, 0.15) is 0 Å². The fourth-order valence-electron chi connectivity index (χ4n) is 3.57. The second-order valence-corrected chi connectivity index (χ2v) is 6.91. The SMILES string of the molecule is Cc1ccccc1-c1cccc(CN2CC(C(=O)O)CCC2C)c1. The first-order valence-electron chi connectivity index (χ1n) is 8.66. The Hall–Kier alpha value is -2.13. The standard InChI is InChI=1S/C21H25NO2/c1-15-6-3-4-9-20(15)18-8-5-7-17(12-18)13-22-14-19(21(23)24)11-10-16(22)2/h3-9,12,16,19H,10-11,13-14H2,1-2H3,(H,23,24). The maximum Gasteiger partial charge on any atom is 0.307 e. The van der Waals surface area contributed by atoms with Gasteiger partial charge < -0.3 is 5.11 Å². The Balaban J connectivity index is 1.79. The predicted molar refractivity (Wildman–Crippen MR) is 96.8 cm³/mol. The number of carboxylic acid groups (broad SMARTS) is 1. The van der Waals surface area contributed by atoms with Crippen molar-refractivity contribution < 1.29 is 9.90 Å². The quantitative estimate of drug-likeness (QED) is 0.909. The molecule has 3 nitrogen and oxygen atoms in total. The molecule has 1 aliphatic heterocycles. The zero-order valence-electron chi connectivity index (χ0n) is 14.4. The maximum atomic E-state index is 11.3. The van der Waals surface area contributed by atoms with E-state index >= 15 is 0 Å². The highest BCUT2D eigenvalue weighted by atomic mass is 16.4. The van der Waals surface area contributed by atoms with Gasteiger partial charge in [0.15, 0.2) is 0 Å². The minimum absolute atomic E-state index is 0.235. The van der Waals surface area contributed by atoms with Crippen molar-refractivity contribution in [2.45, 2.75) is 39.3 Å². The molecule has 0 radical (unpaired) electrons. The molecule has 1 N–H and O–H groups in total. The van der Waals surface area contributed by atoms with E-state index in [1.54, 1.807) is 0 Å². The first-order chi connectivity index (χ1) is 11.5. The highest BCUT2D eigenvalue weighted by Crippen LogP contribution is 2.27. The van der Waals surface area contributed by atoms with Crippen molar-refractivity contribution in [2.75, 3.05) is 6.54 Å². The summed E-state index contributed by atoms with van der Waals surface area (Å²) in [6, 6.07) is 17.5. The molecule has 2 atom stereocenters. The van der Waals surface area contributed by atoms with Crippen LogP contribution in [0.2, 0.25) is 0 Å². The summed E-state index contributed by atoms with van der Waals surface area (Å²) in [6.45, 7) is 5.78. The third-order valence-corrected chi connectivity index (χ3v) is 5.13. The van der Waals surface area contributed by atoms with Crippen LogP contribution in [0.5, 0.6) is 0 Å². The van der Waals surface area contributed by atoms with Crippen LogP contribution in [0, 0.1) is 12.8 Å². The maximum absolute atomic E-state index is 11.3. The minimum atomic E-state index is -0.666. The number of aryl methyl sites for hydroxylation is 1. The van der Waals surface area contributed by atoms with Gasteiger partial charge in [0, 0.05) is 19.1 Å². The van der Waals surface area contributed by atoms with E-state index in [0.717, 1.165) is 19.4 Å². The highest BCUT2D eigenvalue weighted by molar-refractivity contribution is 5.70. The monoisotopic (exact) mass is 323 g/mol. The van der Waals surface area contributed by atoms with Crippen LogP contribution in [0.4, 0.5) is 0 Å². The molecule has 1 saturated heterocycles. The summed E-state index contributed by atoms with van der Waals surface area (Å²) >= 11 is 0. The molecular formula is C21H25NO2. The normalized spacial score (nSPS) is 21.6. The second-order valence-electron chi connectivity index (χ2n) is 6.91. The molecule has 0 saturated carbocycles. The number of rotatable bonds is 4. The van der Waals surface area contributed by atoms with Gasteiger partial charge in [-0.2, -0.15) is 0 Å². The molecule has 1 fully saturated rings. The fraction of sp³-hybridized carbons (Fsp3) is 0.381. The van der Waals surface area contributed by atoms with Gasteiger partial charge in [-0.15, -0.1) is 0 Å². The van der Waals surface area contributed by atoms with Crippen molar-refractivity contribution in [2.24, 2.45) is 5.92 Å². The molecule has 2 unspecified atom stereocenters. The summed E-state index contributed by atoms with van der Waals surface area (Å²) in [5.74, 6) is -0.902. The summed E-state index contributed by atoms with van der Waals surface area (Å²) < 4.78 is 0. The Labute approximate surface area is 143 Å². The number of carboxylic acids is 1. The summed E-state index contributed by atoms with van der Waals surface area (Å²) in [6.07, 6.45) is 1.74. The molecule has 0 aliphatic carbocycles. The van der Waals surface area contributed by atoms with Crippen molar-refractivity contribution in [1.29, 1.82) is 0 Å². The fourth-order valence-corrected chi connectivity index (χ4v) is 3.57. The van der Waals surface area contributed by atoms with Crippen LogP contribution in [0.25, 0.3) is 11.1 Å². The number of hydrogen-bond donors (Lipinski definition) is 1. The average Bonchev–Trinajstić information content (AvgIpc) is 2.57. The molecule has 0 aromatic heterocycles. The van der Waals surface area contributed by atoms with Gasteiger partial charge in [-0.1, -0.05) is 42.5 Å². The van der Waals surface area contributed by atoms with Gasteiger partial charge in [-0.3, -0.25) is 9.69 Å². The summed E-state index contributed by atoms with van der Waals surface area (Å²) in [4.78, 5) is 13.6. The van der Waals surface area contributed by atoms with Gasteiger partial charge in [-0.25, -0.2) is 0 Å². The lowest BCUT2D eigenvalue weighted by molar-refractivity contribution is -0.144. The first-order valence-corrected chi connectivity index (χ1v) is 8.66. The number of benzene rings is 2. The Morgan fingerprint density at radius 3 is 2.71 bits per heavy atom. The van der Waals surface area contributed by atoms with Gasteiger partial charge in [0.05, 0.1) is 5.92 Å². The lowest BCUT2D eigenvalue weighted by atomic mass is 9.92. The summed E-state index contributed by atoms with van der Waals surface area (Å²) in [7, 11) is 0. The molecule has 126 valence electrons. The largest absolute Gasteiger partial charge is 0.481 e. The molecule has 0 spiro atoms. The molecule has 2 aromatic rings. The first kappa shape index (κ1) is 16.7. The van der Waals surface area contributed by atoms with E-state index in [0.29, 0.717) is 12.6 Å². The lowest BCUT2D eigenvalue weighted by Gasteiger charge is -2.36. The molecule has 24 heavy (non-hydrogen) atoms. The zero-order chi connectivity index (χ0) is 17.1. The topological polar surface area (TPSA) is 40.5 Å². The van der Waals surface area contributed by atoms with E-state index in [4.69, 9.17) is 0 Å². The van der Waals surface area contributed by atoms with Gasteiger partial charge in [0.2, 0.25) is 0 Å². The third-order valence-electron chi connectivity index (χ3n) is 5.13. The zero-order valence-corrected chi connectivity index (χ0v) is 14.4. The average molecular weight is 323 g/mol. The molecule has 3 heteroatoms. The molecule has 0 bridgehead atoms. The van der Waals surface area contributed by atoms with Crippen molar-refractivity contribution in [1.82, 2.24) is 4.90 Å². The second kappa shape index (κ2) is 7.18. The predicted octanol–water partition coefficient (Wildman–Crippen LogP) is 4.35. The number of hydrogen-bond acceptors (Lipinski definition) is 2. The van der Waals surface area contributed by atoms with Crippen LogP contribution in [-0.2, 0) is 11.3 Å². The number of carbonyl (C=O) groups is 1. The van der Waals surface area contributed by atoms with Crippen LogP contribution in [0.1, 0.15) is 30.9 Å². The van der Waals surface area contributed by atoms with Crippen LogP contribution >= 0.6 is 0 Å². The summed E-state index contributed by atoms with van der Waals surface area (Å²) in [5, 5.41) is 9.31. The van der Waals surface area contributed by atoms with Crippen molar-refractivity contribution in [3.05, 3.63) is 59.7 Å². The Kier molecular flexibility index (Phi) is 5.00. The van der Waals surface area contributed by atoms with Gasteiger partial charge in [-0.05, 0) is 55.0 Å². The third kappa shape index (κ3) is 3.68.